The highest BCUT2D eigenvalue weighted by atomic mass is 16.5. The van der Waals surface area contributed by atoms with Crippen molar-refractivity contribution in [2.75, 3.05) is 19.7 Å². The Morgan fingerprint density at radius 3 is 2.42 bits per heavy atom. The summed E-state index contributed by atoms with van der Waals surface area (Å²) in [5, 5.41) is 2.75. The fraction of sp³-hybridized carbons (Fsp3) is 0.533. The third-order valence-corrected chi connectivity index (χ3v) is 2.78. The van der Waals surface area contributed by atoms with Gasteiger partial charge in [-0.25, -0.2) is 0 Å². The molecule has 0 bridgehead atoms. The van der Waals surface area contributed by atoms with E-state index in [9.17, 15) is 4.79 Å². The van der Waals surface area contributed by atoms with Crippen LogP contribution in [0.3, 0.4) is 0 Å². The summed E-state index contributed by atoms with van der Waals surface area (Å²) in [6.45, 7) is 7.87. The van der Waals surface area contributed by atoms with Gasteiger partial charge in [0.15, 0.2) is 0 Å². The van der Waals surface area contributed by atoms with Gasteiger partial charge in [0.25, 0.3) is 0 Å². The minimum absolute atomic E-state index is 0.0332. The number of carbonyl (C=O) groups excluding carboxylic acids is 1. The zero-order valence-corrected chi connectivity index (χ0v) is 12.0. The second-order valence-corrected chi connectivity index (χ2v) is 5.51. The van der Waals surface area contributed by atoms with Crippen LogP contribution < -0.4 is 15.8 Å². The topological polar surface area (TPSA) is 64.3 Å². The smallest absolute Gasteiger partial charge is 0.221 e. The molecule has 0 aliphatic carbocycles. The first-order valence-corrected chi connectivity index (χ1v) is 6.63. The Balaban J connectivity index is 2.33. The molecule has 0 radical (unpaired) electrons. The summed E-state index contributed by atoms with van der Waals surface area (Å²) in [7, 11) is 0. The van der Waals surface area contributed by atoms with Crippen LogP contribution in [-0.4, -0.2) is 25.6 Å². The highest BCUT2D eigenvalue weighted by molar-refractivity contribution is 5.75. The summed E-state index contributed by atoms with van der Waals surface area (Å²) in [5.41, 5.74) is 6.70. The second kappa shape index (κ2) is 7.14. The van der Waals surface area contributed by atoms with Gasteiger partial charge in [-0.1, -0.05) is 32.9 Å². The number of hydrogen-bond donors (Lipinski definition) is 2. The van der Waals surface area contributed by atoms with E-state index in [-0.39, 0.29) is 11.3 Å². The molecule has 0 unspecified atom stereocenters. The molecule has 1 aromatic rings. The molecule has 1 rings (SSSR count). The van der Waals surface area contributed by atoms with Gasteiger partial charge in [-0.05, 0) is 23.1 Å². The second-order valence-electron chi connectivity index (χ2n) is 5.51. The van der Waals surface area contributed by atoms with Crippen LogP contribution in [0.15, 0.2) is 24.3 Å². The first-order chi connectivity index (χ1) is 8.93. The van der Waals surface area contributed by atoms with E-state index < -0.39 is 0 Å². The van der Waals surface area contributed by atoms with E-state index in [4.69, 9.17) is 10.5 Å². The summed E-state index contributed by atoms with van der Waals surface area (Å²) in [6, 6.07) is 8.06. The minimum atomic E-state index is -0.0332. The van der Waals surface area contributed by atoms with Crippen LogP contribution in [0.5, 0.6) is 5.75 Å². The van der Waals surface area contributed by atoms with E-state index >= 15 is 0 Å². The Hall–Kier alpha value is -1.55. The van der Waals surface area contributed by atoms with Crippen LogP contribution in [0.2, 0.25) is 0 Å². The molecular weight excluding hydrogens is 240 g/mol. The molecule has 0 fully saturated rings. The average molecular weight is 264 g/mol. The van der Waals surface area contributed by atoms with E-state index in [0.717, 1.165) is 5.75 Å². The number of hydrogen-bond acceptors (Lipinski definition) is 3. The highest BCUT2D eigenvalue weighted by Gasteiger charge is 2.12. The molecule has 0 aliphatic heterocycles. The quantitative estimate of drug-likeness (QED) is 0.770. The van der Waals surface area contributed by atoms with Gasteiger partial charge in [0, 0.05) is 13.0 Å². The standard InChI is InChI=1S/C15H24N2O2/c1-15(2,3)12-4-6-13(7-5-12)19-11-10-17-14(18)8-9-16/h4-7H,8-11,16H2,1-3H3,(H,17,18). The summed E-state index contributed by atoms with van der Waals surface area (Å²) in [6.07, 6.45) is 0.361. The molecule has 0 heterocycles. The average Bonchev–Trinajstić information content (AvgIpc) is 2.34. The van der Waals surface area contributed by atoms with Crippen molar-refractivity contribution >= 4 is 5.91 Å². The monoisotopic (exact) mass is 264 g/mol. The third kappa shape index (κ3) is 5.75. The molecule has 0 spiro atoms. The maximum Gasteiger partial charge on any atom is 0.221 e. The molecule has 0 saturated carbocycles. The van der Waals surface area contributed by atoms with E-state index in [0.29, 0.717) is 26.1 Å². The van der Waals surface area contributed by atoms with Gasteiger partial charge < -0.3 is 15.8 Å². The Morgan fingerprint density at radius 1 is 1.26 bits per heavy atom. The van der Waals surface area contributed by atoms with E-state index in [1.807, 2.05) is 12.1 Å². The lowest BCUT2D eigenvalue weighted by molar-refractivity contribution is -0.120. The van der Waals surface area contributed by atoms with E-state index in [1.54, 1.807) is 0 Å². The summed E-state index contributed by atoms with van der Waals surface area (Å²) in [5.74, 6) is 0.787. The minimum Gasteiger partial charge on any atom is -0.492 e. The summed E-state index contributed by atoms with van der Waals surface area (Å²) < 4.78 is 5.56. The van der Waals surface area contributed by atoms with Crippen molar-refractivity contribution in [1.29, 1.82) is 0 Å². The Kier molecular flexibility index (Phi) is 5.83. The lowest BCUT2D eigenvalue weighted by Crippen LogP contribution is -2.29. The maximum atomic E-state index is 11.2. The maximum absolute atomic E-state index is 11.2. The first-order valence-electron chi connectivity index (χ1n) is 6.63. The Labute approximate surface area is 115 Å². The van der Waals surface area contributed by atoms with Gasteiger partial charge in [-0.3, -0.25) is 4.79 Å². The normalized spacial score (nSPS) is 11.2. The fourth-order valence-corrected chi connectivity index (χ4v) is 1.63. The number of amides is 1. The number of nitrogens with two attached hydrogens (primary N) is 1. The van der Waals surface area contributed by atoms with Crippen molar-refractivity contribution in [3.8, 4) is 5.75 Å². The SMILES string of the molecule is CC(C)(C)c1ccc(OCCNC(=O)CCN)cc1. The van der Waals surface area contributed by atoms with E-state index in [2.05, 4.69) is 38.2 Å². The zero-order valence-electron chi connectivity index (χ0n) is 12.0. The molecule has 0 aromatic heterocycles. The number of ether oxygens (including phenoxy) is 1. The first kappa shape index (κ1) is 15.5. The van der Waals surface area contributed by atoms with Crippen LogP contribution in [-0.2, 0) is 10.2 Å². The lowest BCUT2D eigenvalue weighted by atomic mass is 9.87. The van der Waals surface area contributed by atoms with Crippen molar-refractivity contribution < 1.29 is 9.53 Å². The third-order valence-electron chi connectivity index (χ3n) is 2.78. The molecule has 3 N–H and O–H groups in total. The predicted octanol–water partition coefficient (Wildman–Crippen LogP) is 1.83. The van der Waals surface area contributed by atoms with Gasteiger partial charge in [-0.15, -0.1) is 0 Å². The summed E-state index contributed by atoms with van der Waals surface area (Å²) in [4.78, 5) is 11.2. The van der Waals surface area contributed by atoms with Crippen LogP contribution in [0.25, 0.3) is 0 Å². The molecule has 0 aliphatic rings. The fourth-order valence-electron chi connectivity index (χ4n) is 1.63. The molecule has 19 heavy (non-hydrogen) atoms. The van der Waals surface area contributed by atoms with Crippen LogP contribution in [0.1, 0.15) is 32.8 Å². The van der Waals surface area contributed by atoms with Gasteiger partial charge in [0.05, 0.1) is 6.54 Å². The van der Waals surface area contributed by atoms with E-state index in [1.165, 1.54) is 5.56 Å². The predicted molar refractivity (Wildman–Crippen MR) is 77.3 cm³/mol. The highest BCUT2D eigenvalue weighted by Crippen LogP contribution is 2.24. The number of benzene rings is 1. The van der Waals surface area contributed by atoms with Gasteiger partial charge >= 0.3 is 0 Å². The molecule has 1 amide bonds. The van der Waals surface area contributed by atoms with Crippen molar-refractivity contribution in [3.63, 3.8) is 0 Å². The van der Waals surface area contributed by atoms with Crippen molar-refractivity contribution in [1.82, 2.24) is 5.32 Å². The Bertz CT molecular complexity index is 394. The van der Waals surface area contributed by atoms with Crippen molar-refractivity contribution in [2.45, 2.75) is 32.6 Å². The van der Waals surface area contributed by atoms with Crippen LogP contribution >= 0.6 is 0 Å². The molecule has 4 heteroatoms. The van der Waals surface area contributed by atoms with Crippen molar-refractivity contribution in [2.24, 2.45) is 5.73 Å². The number of rotatable bonds is 6. The molecular formula is C15H24N2O2. The summed E-state index contributed by atoms with van der Waals surface area (Å²) >= 11 is 0. The van der Waals surface area contributed by atoms with Gasteiger partial charge in [0.1, 0.15) is 12.4 Å². The molecule has 106 valence electrons. The number of nitrogens with one attached hydrogen (secondary N) is 1. The van der Waals surface area contributed by atoms with Gasteiger partial charge in [-0.2, -0.15) is 0 Å². The largest absolute Gasteiger partial charge is 0.492 e. The van der Waals surface area contributed by atoms with Crippen LogP contribution in [0.4, 0.5) is 0 Å². The van der Waals surface area contributed by atoms with Crippen molar-refractivity contribution in [3.05, 3.63) is 29.8 Å². The molecule has 0 atom stereocenters. The van der Waals surface area contributed by atoms with Gasteiger partial charge in [0.2, 0.25) is 5.91 Å². The number of carbonyl (C=O) groups is 1. The molecule has 4 nitrogen and oxygen atoms in total. The zero-order chi connectivity index (χ0) is 14.3. The lowest BCUT2D eigenvalue weighted by Gasteiger charge is -2.19. The van der Waals surface area contributed by atoms with Crippen LogP contribution in [0, 0.1) is 0 Å². The molecule has 1 aromatic carbocycles. The Morgan fingerprint density at radius 2 is 1.89 bits per heavy atom. The molecule has 0 saturated heterocycles.